The van der Waals surface area contributed by atoms with E-state index in [2.05, 4.69) is 34.6 Å². The summed E-state index contributed by atoms with van der Waals surface area (Å²) < 4.78 is 11.2. The Kier molecular flexibility index (Phi) is 7.97. The Labute approximate surface area is 227 Å². The summed E-state index contributed by atoms with van der Waals surface area (Å²) in [6.45, 7) is 13.4. The summed E-state index contributed by atoms with van der Waals surface area (Å²) in [4.78, 5) is 37.4. The number of ketones is 1. The van der Waals surface area contributed by atoms with E-state index in [1.807, 2.05) is 0 Å². The SMILES string of the molecule is CC(=O)OC1CC2C(=O)C=C3C(CCC4(C)C(C(C)C(O)CCC(C)C)CCC34O)C2(C)CC1OC(C)=O. The molecule has 7 nitrogen and oxygen atoms in total. The average molecular weight is 533 g/mol. The molecule has 4 aliphatic carbocycles. The summed E-state index contributed by atoms with van der Waals surface area (Å²) in [5.41, 5.74) is -1.23. The number of hydrogen-bond donors (Lipinski definition) is 2. The summed E-state index contributed by atoms with van der Waals surface area (Å²) in [5.74, 6) is -0.588. The fourth-order valence-corrected chi connectivity index (χ4v) is 8.92. The van der Waals surface area contributed by atoms with Gasteiger partial charge in [-0.25, -0.2) is 0 Å². The van der Waals surface area contributed by atoms with Crippen LogP contribution in [0.3, 0.4) is 0 Å². The average Bonchev–Trinajstić information content (AvgIpc) is 3.09. The van der Waals surface area contributed by atoms with E-state index in [9.17, 15) is 24.6 Å². The highest BCUT2D eigenvalue weighted by Gasteiger charge is 2.67. The second-order valence-corrected chi connectivity index (χ2v) is 13.7. The Morgan fingerprint density at radius 3 is 2.24 bits per heavy atom. The van der Waals surface area contributed by atoms with Gasteiger partial charge in [0, 0.05) is 25.2 Å². The highest BCUT2D eigenvalue weighted by atomic mass is 16.6. The third kappa shape index (κ3) is 4.76. The first kappa shape index (κ1) is 29.3. The molecule has 0 radical (unpaired) electrons. The number of aliphatic hydroxyl groups excluding tert-OH is 1. The van der Waals surface area contributed by atoms with Gasteiger partial charge in [0.1, 0.15) is 12.2 Å². The largest absolute Gasteiger partial charge is 0.459 e. The summed E-state index contributed by atoms with van der Waals surface area (Å²) in [5, 5.41) is 23.5. The first-order valence-electron chi connectivity index (χ1n) is 14.6. The van der Waals surface area contributed by atoms with Crippen LogP contribution in [0.2, 0.25) is 0 Å². The zero-order valence-corrected chi connectivity index (χ0v) is 24.3. The maximum Gasteiger partial charge on any atom is 0.303 e. The van der Waals surface area contributed by atoms with Crippen molar-refractivity contribution in [2.75, 3.05) is 0 Å². The van der Waals surface area contributed by atoms with E-state index in [0.29, 0.717) is 25.2 Å². The predicted molar refractivity (Wildman–Crippen MR) is 143 cm³/mol. The molecule has 10 unspecified atom stereocenters. The lowest BCUT2D eigenvalue weighted by Crippen LogP contribution is -2.61. The number of carbonyl (C=O) groups is 3. The fraction of sp³-hybridized carbons (Fsp3) is 0.839. The number of rotatable bonds is 7. The van der Waals surface area contributed by atoms with Crippen molar-refractivity contribution in [2.24, 2.45) is 40.4 Å². The molecule has 0 amide bonds. The van der Waals surface area contributed by atoms with E-state index >= 15 is 0 Å². The summed E-state index contributed by atoms with van der Waals surface area (Å²) in [6.07, 6.45) is 5.47. The van der Waals surface area contributed by atoms with Crippen LogP contribution in [0.4, 0.5) is 0 Å². The fourth-order valence-electron chi connectivity index (χ4n) is 8.92. The number of ether oxygens (including phenoxy) is 2. The lowest BCUT2D eigenvalue weighted by atomic mass is 9.45. The van der Waals surface area contributed by atoms with E-state index in [1.165, 1.54) is 13.8 Å². The molecule has 0 spiro atoms. The van der Waals surface area contributed by atoms with Crippen LogP contribution in [0, 0.1) is 40.4 Å². The molecule has 0 aromatic heterocycles. The van der Waals surface area contributed by atoms with Crippen molar-refractivity contribution in [1.82, 2.24) is 0 Å². The molecule has 2 N–H and O–H groups in total. The molecule has 0 heterocycles. The van der Waals surface area contributed by atoms with Crippen LogP contribution in [0.15, 0.2) is 11.6 Å². The van der Waals surface area contributed by atoms with Gasteiger partial charge in [-0.3, -0.25) is 14.4 Å². The second kappa shape index (κ2) is 10.3. The van der Waals surface area contributed by atoms with Crippen molar-refractivity contribution in [3.8, 4) is 0 Å². The number of fused-ring (bicyclic) bond motifs is 5. The van der Waals surface area contributed by atoms with Crippen LogP contribution in [0.25, 0.3) is 0 Å². The van der Waals surface area contributed by atoms with Crippen molar-refractivity contribution in [3.63, 3.8) is 0 Å². The molecule has 214 valence electrons. The molecule has 0 aliphatic heterocycles. The molecule has 7 heteroatoms. The van der Waals surface area contributed by atoms with E-state index < -0.39 is 46.7 Å². The van der Waals surface area contributed by atoms with Crippen molar-refractivity contribution >= 4 is 17.7 Å². The molecule has 3 fully saturated rings. The highest BCUT2D eigenvalue weighted by molar-refractivity contribution is 5.95. The second-order valence-electron chi connectivity index (χ2n) is 13.7. The third-order valence-corrected chi connectivity index (χ3v) is 11.1. The molecule has 4 aliphatic rings. The highest BCUT2D eigenvalue weighted by Crippen LogP contribution is 2.68. The summed E-state index contributed by atoms with van der Waals surface area (Å²) >= 11 is 0. The summed E-state index contributed by atoms with van der Waals surface area (Å²) in [7, 11) is 0. The van der Waals surface area contributed by atoms with E-state index in [4.69, 9.17) is 9.47 Å². The van der Waals surface area contributed by atoms with Crippen molar-refractivity contribution in [3.05, 3.63) is 11.6 Å². The third-order valence-electron chi connectivity index (χ3n) is 11.1. The van der Waals surface area contributed by atoms with Gasteiger partial charge in [0.05, 0.1) is 11.7 Å². The Hall–Kier alpha value is -1.73. The van der Waals surface area contributed by atoms with Gasteiger partial charge < -0.3 is 19.7 Å². The minimum absolute atomic E-state index is 0.0282. The first-order chi connectivity index (χ1) is 17.6. The monoisotopic (exact) mass is 532 g/mol. The molecule has 38 heavy (non-hydrogen) atoms. The van der Waals surface area contributed by atoms with E-state index in [1.54, 1.807) is 6.08 Å². The Morgan fingerprint density at radius 2 is 1.63 bits per heavy atom. The molecule has 0 aromatic carbocycles. The normalized spacial score (nSPS) is 41.9. The van der Waals surface area contributed by atoms with Crippen molar-refractivity contribution < 1.29 is 34.1 Å². The van der Waals surface area contributed by atoms with Crippen LogP contribution < -0.4 is 0 Å². The van der Waals surface area contributed by atoms with Crippen molar-refractivity contribution in [1.29, 1.82) is 0 Å². The maximum absolute atomic E-state index is 13.7. The molecular formula is C31H48O7. The maximum atomic E-state index is 13.7. The van der Waals surface area contributed by atoms with Crippen LogP contribution in [0.1, 0.15) is 99.8 Å². The molecule has 3 saturated carbocycles. The standard InChI is InChI=1S/C31H48O7/c1-17(2)8-9-25(34)18(3)21-11-13-31(36)23-14-26(35)24-15-27(37-19(4)32)28(38-20(5)33)16-29(24,6)22(23)10-12-30(21,31)7/h14,17-18,21-22,24-25,27-28,34,36H,8-13,15-16H2,1-7H3. The van der Waals surface area contributed by atoms with Crippen LogP contribution >= 0.6 is 0 Å². The molecule has 0 aromatic rings. The topological polar surface area (TPSA) is 110 Å². The van der Waals surface area contributed by atoms with Crippen LogP contribution in [-0.2, 0) is 23.9 Å². The lowest BCUT2D eigenvalue weighted by Gasteiger charge is -2.60. The van der Waals surface area contributed by atoms with Gasteiger partial charge in [-0.15, -0.1) is 0 Å². The number of aliphatic hydroxyl groups is 2. The van der Waals surface area contributed by atoms with E-state index in [-0.39, 0.29) is 29.5 Å². The van der Waals surface area contributed by atoms with Gasteiger partial charge >= 0.3 is 11.9 Å². The lowest BCUT2D eigenvalue weighted by molar-refractivity contribution is -0.186. The van der Waals surface area contributed by atoms with Gasteiger partial charge in [-0.1, -0.05) is 34.6 Å². The number of allylic oxidation sites excluding steroid dienone is 1. The van der Waals surface area contributed by atoms with Crippen LogP contribution in [0.5, 0.6) is 0 Å². The zero-order chi connectivity index (χ0) is 28.2. The number of esters is 2. The molecule has 0 saturated heterocycles. The summed E-state index contributed by atoms with van der Waals surface area (Å²) in [6, 6.07) is 0. The first-order valence-corrected chi connectivity index (χ1v) is 14.6. The predicted octanol–water partition coefficient (Wildman–Crippen LogP) is 4.77. The minimum Gasteiger partial charge on any atom is -0.459 e. The molecule has 0 bridgehead atoms. The van der Waals surface area contributed by atoms with Crippen LogP contribution in [-0.4, -0.2) is 51.8 Å². The number of hydrogen-bond acceptors (Lipinski definition) is 7. The Morgan fingerprint density at radius 1 is 1.00 bits per heavy atom. The zero-order valence-electron chi connectivity index (χ0n) is 24.3. The smallest absolute Gasteiger partial charge is 0.303 e. The Balaban J connectivity index is 1.65. The molecular weight excluding hydrogens is 484 g/mol. The Bertz CT molecular complexity index is 987. The number of carbonyl (C=O) groups excluding carboxylic acids is 3. The van der Waals surface area contributed by atoms with Crippen molar-refractivity contribution in [2.45, 2.75) is 124 Å². The van der Waals surface area contributed by atoms with Gasteiger partial charge in [0.2, 0.25) is 0 Å². The quantitative estimate of drug-likeness (QED) is 0.455. The molecule has 10 atom stereocenters. The van der Waals surface area contributed by atoms with Gasteiger partial charge in [-0.2, -0.15) is 0 Å². The van der Waals surface area contributed by atoms with Gasteiger partial charge in [0.25, 0.3) is 0 Å². The van der Waals surface area contributed by atoms with E-state index in [0.717, 1.165) is 37.7 Å². The van der Waals surface area contributed by atoms with Gasteiger partial charge in [0.15, 0.2) is 5.78 Å². The molecule has 4 rings (SSSR count). The minimum atomic E-state index is -1.11. The van der Waals surface area contributed by atoms with Gasteiger partial charge in [-0.05, 0) is 92.1 Å².